The van der Waals surface area contributed by atoms with Crippen LogP contribution in [0.3, 0.4) is 0 Å². The molecule has 56 valence electrons. The predicted molar refractivity (Wildman–Crippen MR) is 39.4 cm³/mol. The fourth-order valence-electron chi connectivity index (χ4n) is 0.949. The molecule has 2 heteroatoms. The van der Waals surface area contributed by atoms with Crippen LogP contribution in [0.5, 0.6) is 0 Å². The fourth-order valence-corrected chi connectivity index (χ4v) is 0.949. The number of hydrogen-bond donors (Lipinski definition) is 0. The molecule has 0 bridgehead atoms. The molecule has 0 heterocycles. The highest BCUT2D eigenvalue weighted by Crippen LogP contribution is 2.18. The molecule has 0 amide bonds. The van der Waals surface area contributed by atoms with Gasteiger partial charge >= 0.3 is 0 Å². The molecule has 0 spiro atoms. The molecule has 0 N–H and O–H groups in total. The van der Waals surface area contributed by atoms with E-state index in [9.17, 15) is 0 Å². The molecule has 0 aromatic carbocycles. The highest BCUT2D eigenvalue weighted by molar-refractivity contribution is 5.14. The third-order valence-corrected chi connectivity index (χ3v) is 1.56. The maximum Gasteiger partial charge on any atom is 0.0993 e. The van der Waals surface area contributed by atoms with Crippen molar-refractivity contribution >= 4 is 0 Å². The van der Waals surface area contributed by atoms with Crippen LogP contribution in [0.1, 0.15) is 12.8 Å². The van der Waals surface area contributed by atoms with Gasteiger partial charge in [0, 0.05) is 0 Å². The van der Waals surface area contributed by atoms with Crippen LogP contribution in [0.4, 0.5) is 0 Å². The van der Waals surface area contributed by atoms with Gasteiger partial charge in [0.05, 0.1) is 32.2 Å². The minimum Gasteiger partial charge on any atom is -0.501 e. The Kier molecular flexibility index (Phi) is 2.37. The molecule has 0 saturated heterocycles. The Balaban J connectivity index is 2.49. The summed E-state index contributed by atoms with van der Waals surface area (Å²) >= 11 is 0. The minimum absolute atomic E-state index is 0.799. The lowest BCUT2D eigenvalue weighted by Crippen LogP contribution is -1.97. The van der Waals surface area contributed by atoms with Gasteiger partial charge in [-0.05, 0) is 18.6 Å². The summed E-state index contributed by atoms with van der Waals surface area (Å²) in [4.78, 5) is 0. The van der Waals surface area contributed by atoms with Crippen molar-refractivity contribution in [3.05, 3.63) is 23.7 Å². The van der Waals surface area contributed by atoms with Gasteiger partial charge in [0.1, 0.15) is 0 Å². The van der Waals surface area contributed by atoms with Crippen LogP contribution < -0.4 is 0 Å². The summed E-state index contributed by atoms with van der Waals surface area (Å²) in [5.41, 5.74) is 0. The predicted octanol–water partition coefficient (Wildman–Crippen LogP) is 1.84. The summed E-state index contributed by atoms with van der Waals surface area (Å²) in [7, 11) is 3.37. The standard InChI is InChI=1S/C8H12O2/c1-9-7-4-3-5-8(6-7)10-2/h4-5H,3,6H2,1-2H3. The van der Waals surface area contributed by atoms with Crippen molar-refractivity contribution in [1.82, 2.24) is 0 Å². The highest BCUT2D eigenvalue weighted by atomic mass is 16.5. The maximum atomic E-state index is 5.06. The van der Waals surface area contributed by atoms with Crippen molar-refractivity contribution in [3.63, 3.8) is 0 Å². The van der Waals surface area contributed by atoms with Gasteiger partial charge in [0.2, 0.25) is 0 Å². The van der Waals surface area contributed by atoms with E-state index in [-0.39, 0.29) is 0 Å². The molecule has 0 aliphatic heterocycles. The van der Waals surface area contributed by atoms with E-state index in [1.165, 1.54) is 0 Å². The Hall–Kier alpha value is -0.920. The summed E-state index contributed by atoms with van der Waals surface area (Å²) in [6.07, 6.45) is 5.84. The second-order valence-corrected chi connectivity index (χ2v) is 2.16. The first-order valence-electron chi connectivity index (χ1n) is 3.33. The van der Waals surface area contributed by atoms with Crippen LogP contribution in [0.25, 0.3) is 0 Å². The van der Waals surface area contributed by atoms with Crippen LogP contribution in [-0.4, -0.2) is 14.2 Å². The van der Waals surface area contributed by atoms with Crippen molar-refractivity contribution in [2.45, 2.75) is 12.8 Å². The lowest BCUT2D eigenvalue weighted by Gasteiger charge is -2.12. The summed E-state index contributed by atoms with van der Waals surface area (Å²) in [6, 6.07) is 0. The highest BCUT2D eigenvalue weighted by Gasteiger charge is 2.05. The third-order valence-electron chi connectivity index (χ3n) is 1.56. The van der Waals surface area contributed by atoms with E-state index < -0.39 is 0 Å². The average Bonchev–Trinajstić information content (AvgIpc) is 2.05. The fraction of sp³-hybridized carbons (Fsp3) is 0.500. The van der Waals surface area contributed by atoms with Gasteiger partial charge < -0.3 is 9.47 Å². The van der Waals surface area contributed by atoms with Crippen LogP contribution >= 0.6 is 0 Å². The molecule has 0 saturated carbocycles. The molecule has 1 aliphatic carbocycles. The van der Waals surface area contributed by atoms with E-state index in [2.05, 4.69) is 12.2 Å². The number of hydrogen-bond acceptors (Lipinski definition) is 2. The zero-order chi connectivity index (χ0) is 7.40. The van der Waals surface area contributed by atoms with Crippen molar-refractivity contribution in [2.75, 3.05) is 14.2 Å². The van der Waals surface area contributed by atoms with Gasteiger partial charge in [-0.1, -0.05) is 0 Å². The molecule has 0 aromatic heterocycles. The second kappa shape index (κ2) is 3.30. The second-order valence-electron chi connectivity index (χ2n) is 2.16. The van der Waals surface area contributed by atoms with E-state index >= 15 is 0 Å². The van der Waals surface area contributed by atoms with Crippen molar-refractivity contribution < 1.29 is 9.47 Å². The zero-order valence-corrected chi connectivity index (χ0v) is 6.39. The monoisotopic (exact) mass is 140 g/mol. The molecule has 10 heavy (non-hydrogen) atoms. The average molecular weight is 140 g/mol. The van der Waals surface area contributed by atoms with E-state index in [0.29, 0.717) is 0 Å². The Morgan fingerprint density at radius 2 is 1.60 bits per heavy atom. The molecule has 1 aliphatic rings. The molecular weight excluding hydrogens is 128 g/mol. The quantitative estimate of drug-likeness (QED) is 0.582. The van der Waals surface area contributed by atoms with Crippen molar-refractivity contribution in [2.24, 2.45) is 0 Å². The van der Waals surface area contributed by atoms with Crippen LogP contribution in [0.2, 0.25) is 0 Å². The first-order chi connectivity index (χ1) is 4.86. The van der Waals surface area contributed by atoms with Gasteiger partial charge in [-0.15, -0.1) is 0 Å². The van der Waals surface area contributed by atoms with Crippen LogP contribution in [0.15, 0.2) is 23.7 Å². The van der Waals surface area contributed by atoms with E-state index in [0.717, 1.165) is 24.4 Å². The summed E-state index contributed by atoms with van der Waals surface area (Å²) < 4.78 is 10.1. The van der Waals surface area contributed by atoms with Gasteiger partial charge in [-0.3, -0.25) is 0 Å². The topological polar surface area (TPSA) is 18.5 Å². The molecule has 2 nitrogen and oxygen atoms in total. The summed E-state index contributed by atoms with van der Waals surface area (Å²) in [5, 5.41) is 0. The van der Waals surface area contributed by atoms with Gasteiger partial charge in [0.15, 0.2) is 0 Å². The molecule has 1 rings (SSSR count). The number of rotatable bonds is 2. The van der Waals surface area contributed by atoms with Gasteiger partial charge in [-0.2, -0.15) is 0 Å². The molecule has 0 atom stereocenters. The molecular formula is C8H12O2. The molecule has 0 unspecified atom stereocenters. The largest absolute Gasteiger partial charge is 0.501 e. The minimum atomic E-state index is 0.799. The first kappa shape index (κ1) is 7.19. The van der Waals surface area contributed by atoms with Gasteiger partial charge in [0.25, 0.3) is 0 Å². The number of methoxy groups -OCH3 is 2. The van der Waals surface area contributed by atoms with Crippen LogP contribution in [0, 0.1) is 0 Å². The third kappa shape index (κ3) is 1.53. The molecule has 0 aromatic rings. The van der Waals surface area contributed by atoms with Crippen LogP contribution in [-0.2, 0) is 9.47 Å². The number of ether oxygens (including phenoxy) is 2. The van der Waals surface area contributed by atoms with Crippen molar-refractivity contribution in [3.8, 4) is 0 Å². The van der Waals surface area contributed by atoms with E-state index in [1.807, 2.05) is 0 Å². The first-order valence-corrected chi connectivity index (χ1v) is 3.33. The normalized spacial score (nSPS) is 17.4. The lowest BCUT2D eigenvalue weighted by molar-refractivity contribution is 0.233. The van der Waals surface area contributed by atoms with Gasteiger partial charge in [-0.25, -0.2) is 0 Å². The zero-order valence-electron chi connectivity index (χ0n) is 6.39. The number of allylic oxidation sites excluding steroid dienone is 2. The maximum absolute atomic E-state index is 5.06. The Bertz CT molecular complexity index is 150. The Labute approximate surface area is 61.1 Å². The molecule has 0 fully saturated rings. The summed E-state index contributed by atoms with van der Waals surface area (Å²) in [6.45, 7) is 0. The lowest BCUT2D eigenvalue weighted by atomic mass is 10.1. The smallest absolute Gasteiger partial charge is 0.0993 e. The Morgan fingerprint density at radius 1 is 1.10 bits per heavy atom. The van der Waals surface area contributed by atoms with E-state index in [1.54, 1.807) is 14.2 Å². The summed E-state index contributed by atoms with van der Waals surface area (Å²) in [5.74, 6) is 2.00. The Morgan fingerprint density at radius 3 is 2.00 bits per heavy atom. The van der Waals surface area contributed by atoms with E-state index in [4.69, 9.17) is 9.47 Å². The SMILES string of the molecule is COC1=CCC=C(OC)C1. The molecule has 0 radical (unpaired) electrons. The van der Waals surface area contributed by atoms with Crippen molar-refractivity contribution in [1.29, 1.82) is 0 Å².